The Morgan fingerprint density at radius 3 is 1.00 bits per heavy atom. The molecule has 59 valence electrons. The van der Waals surface area contributed by atoms with Gasteiger partial charge in [0, 0.05) is 17.1 Å². The van der Waals surface area contributed by atoms with Crippen molar-refractivity contribution in [2.24, 2.45) is 0 Å². The minimum absolute atomic E-state index is 0. The van der Waals surface area contributed by atoms with Gasteiger partial charge in [-0.05, 0) is 0 Å². The summed E-state index contributed by atoms with van der Waals surface area (Å²) in [5.41, 5.74) is 0. The summed E-state index contributed by atoms with van der Waals surface area (Å²) < 4.78 is 0. The summed E-state index contributed by atoms with van der Waals surface area (Å²) in [6, 6.07) is 0. The molecule has 0 saturated heterocycles. The number of aromatic amines is 2. The first-order valence-corrected chi connectivity index (χ1v) is 2.59. The summed E-state index contributed by atoms with van der Waals surface area (Å²) in [6.45, 7) is 0. The molecular formula is C4H6MnN6. The van der Waals surface area contributed by atoms with Gasteiger partial charge in [0.2, 0.25) is 0 Å². The molecule has 0 saturated carbocycles. The average Bonchev–Trinajstić information content (AvgIpc) is 2.67. The van der Waals surface area contributed by atoms with E-state index >= 15 is 0 Å². The van der Waals surface area contributed by atoms with Gasteiger partial charge in [-0.2, -0.15) is 30.8 Å². The molecule has 0 aliphatic carbocycles. The zero-order chi connectivity index (χ0) is 7.07. The Bertz CT molecular complexity index is 154. The maximum atomic E-state index is 3.49. The fraction of sp³-hybridized carbons (Fsp3) is 0. The van der Waals surface area contributed by atoms with E-state index in [4.69, 9.17) is 0 Å². The summed E-state index contributed by atoms with van der Waals surface area (Å²) in [6.07, 6.45) is 6.33. The zero-order valence-corrected chi connectivity index (χ0v) is 6.66. The fourth-order valence-electron chi connectivity index (χ4n) is 0.333. The van der Waals surface area contributed by atoms with Gasteiger partial charge in [0.1, 0.15) is 0 Å². The molecule has 2 rings (SSSR count). The van der Waals surface area contributed by atoms with Crippen LogP contribution in [-0.4, -0.2) is 30.8 Å². The summed E-state index contributed by atoms with van der Waals surface area (Å²) in [4.78, 5) is 0. The van der Waals surface area contributed by atoms with Crippen LogP contribution in [0.2, 0.25) is 0 Å². The van der Waals surface area contributed by atoms with Crippen molar-refractivity contribution in [1.82, 2.24) is 30.8 Å². The molecule has 0 aromatic carbocycles. The van der Waals surface area contributed by atoms with E-state index in [0.29, 0.717) is 0 Å². The second-order valence-corrected chi connectivity index (χ2v) is 1.31. The SMILES string of the molecule is [Mn].c1cn[nH]n1.c1cn[nH]n1. The van der Waals surface area contributed by atoms with Gasteiger partial charge in [0.25, 0.3) is 0 Å². The van der Waals surface area contributed by atoms with Crippen molar-refractivity contribution in [1.29, 1.82) is 0 Å². The molecule has 11 heavy (non-hydrogen) atoms. The van der Waals surface area contributed by atoms with E-state index in [-0.39, 0.29) is 17.1 Å². The van der Waals surface area contributed by atoms with Gasteiger partial charge in [0.05, 0.1) is 24.8 Å². The molecule has 0 aliphatic heterocycles. The minimum atomic E-state index is 0. The van der Waals surface area contributed by atoms with E-state index in [9.17, 15) is 0 Å². The summed E-state index contributed by atoms with van der Waals surface area (Å²) in [5.74, 6) is 0. The first kappa shape index (κ1) is 9.80. The molecule has 0 atom stereocenters. The zero-order valence-electron chi connectivity index (χ0n) is 5.48. The smallest absolute Gasteiger partial charge is 0.0690 e. The van der Waals surface area contributed by atoms with Crippen molar-refractivity contribution >= 4 is 0 Å². The molecule has 0 amide bonds. The molecule has 2 N–H and O–H groups in total. The predicted octanol–water partition coefficient (Wildman–Crippen LogP) is -0.393. The Morgan fingerprint density at radius 2 is 0.909 bits per heavy atom. The average molecular weight is 193 g/mol. The summed E-state index contributed by atoms with van der Waals surface area (Å²) in [5, 5.41) is 18.7. The van der Waals surface area contributed by atoms with Gasteiger partial charge in [-0.15, -0.1) is 0 Å². The Labute approximate surface area is 73.3 Å². The molecule has 2 aromatic heterocycles. The molecule has 7 heteroatoms. The van der Waals surface area contributed by atoms with Gasteiger partial charge >= 0.3 is 0 Å². The number of H-pyrrole nitrogens is 2. The van der Waals surface area contributed by atoms with E-state index in [0.717, 1.165) is 0 Å². The third-order valence-electron chi connectivity index (χ3n) is 0.662. The van der Waals surface area contributed by atoms with Gasteiger partial charge in [0.15, 0.2) is 0 Å². The van der Waals surface area contributed by atoms with E-state index in [1.807, 2.05) is 0 Å². The van der Waals surface area contributed by atoms with Crippen LogP contribution in [0.1, 0.15) is 0 Å². The number of hydrogen-bond acceptors (Lipinski definition) is 4. The van der Waals surface area contributed by atoms with Crippen LogP contribution in [0, 0.1) is 0 Å². The number of nitrogens with zero attached hydrogens (tertiary/aromatic N) is 4. The largest absolute Gasteiger partial charge is 0.198 e. The van der Waals surface area contributed by atoms with Crippen LogP contribution in [0.15, 0.2) is 24.8 Å². The van der Waals surface area contributed by atoms with Crippen molar-refractivity contribution in [2.45, 2.75) is 0 Å². The molecule has 0 aliphatic rings. The second-order valence-electron chi connectivity index (χ2n) is 1.31. The number of rotatable bonds is 0. The van der Waals surface area contributed by atoms with E-state index in [2.05, 4.69) is 30.8 Å². The van der Waals surface area contributed by atoms with Gasteiger partial charge < -0.3 is 0 Å². The molecule has 6 nitrogen and oxygen atoms in total. The van der Waals surface area contributed by atoms with E-state index < -0.39 is 0 Å². The fourth-order valence-corrected chi connectivity index (χ4v) is 0.333. The monoisotopic (exact) mass is 193 g/mol. The van der Waals surface area contributed by atoms with Gasteiger partial charge in [-0.3, -0.25) is 0 Å². The Morgan fingerprint density at radius 1 is 0.636 bits per heavy atom. The quantitative estimate of drug-likeness (QED) is 0.558. The molecule has 2 aromatic rings. The van der Waals surface area contributed by atoms with E-state index in [1.165, 1.54) is 0 Å². The molecule has 0 unspecified atom stereocenters. The molecule has 0 bridgehead atoms. The van der Waals surface area contributed by atoms with Crippen molar-refractivity contribution in [3.8, 4) is 0 Å². The molecule has 2 heterocycles. The van der Waals surface area contributed by atoms with Crippen molar-refractivity contribution in [3.05, 3.63) is 24.8 Å². The molecule has 1 radical (unpaired) electrons. The van der Waals surface area contributed by atoms with Crippen LogP contribution >= 0.6 is 0 Å². The van der Waals surface area contributed by atoms with Crippen molar-refractivity contribution in [2.75, 3.05) is 0 Å². The first-order valence-electron chi connectivity index (χ1n) is 2.59. The number of aromatic nitrogens is 6. The predicted molar refractivity (Wildman–Crippen MR) is 32.8 cm³/mol. The molecule has 0 spiro atoms. The van der Waals surface area contributed by atoms with E-state index in [1.54, 1.807) is 24.8 Å². The summed E-state index contributed by atoms with van der Waals surface area (Å²) in [7, 11) is 0. The van der Waals surface area contributed by atoms with Crippen molar-refractivity contribution in [3.63, 3.8) is 0 Å². The number of hydrogen-bond donors (Lipinski definition) is 2. The topological polar surface area (TPSA) is 83.1 Å². The third kappa shape index (κ3) is 5.25. The van der Waals surface area contributed by atoms with Crippen LogP contribution in [-0.2, 0) is 17.1 Å². The first-order chi connectivity index (χ1) is 5.00. The minimum Gasteiger partial charge on any atom is -0.198 e. The van der Waals surface area contributed by atoms with Gasteiger partial charge in [-0.1, -0.05) is 0 Å². The second kappa shape index (κ2) is 6.91. The maximum Gasteiger partial charge on any atom is 0.0690 e. The van der Waals surface area contributed by atoms with Crippen LogP contribution < -0.4 is 0 Å². The summed E-state index contributed by atoms with van der Waals surface area (Å²) >= 11 is 0. The third-order valence-corrected chi connectivity index (χ3v) is 0.662. The number of nitrogens with one attached hydrogen (secondary N) is 2. The Hall–Kier alpha value is -1.20. The molecule has 0 fully saturated rings. The molecular weight excluding hydrogens is 187 g/mol. The Balaban J connectivity index is 0.000000167. The van der Waals surface area contributed by atoms with Gasteiger partial charge in [-0.25, -0.2) is 0 Å². The van der Waals surface area contributed by atoms with Crippen molar-refractivity contribution < 1.29 is 17.1 Å². The Kier molecular flexibility index (Phi) is 6.16. The van der Waals surface area contributed by atoms with Crippen LogP contribution in [0.3, 0.4) is 0 Å². The maximum absolute atomic E-state index is 3.49. The van der Waals surface area contributed by atoms with Crippen LogP contribution in [0.25, 0.3) is 0 Å². The normalized spacial score (nSPS) is 7.27. The van der Waals surface area contributed by atoms with Crippen LogP contribution in [0.4, 0.5) is 0 Å². The van der Waals surface area contributed by atoms with Crippen LogP contribution in [0.5, 0.6) is 0 Å². The standard InChI is InChI=1S/2C2H3N3.Mn/c2*1-2-4-5-3-1;/h2*1-2H,(H,3,4,5);.